The fourth-order valence-corrected chi connectivity index (χ4v) is 4.44. The zero-order valence-electron chi connectivity index (χ0n) is 17.7. The van der Waals surface area contributed by atoms with Crippen molar-refractivity contribution in [2.75, 3.05) is 7.11 Å². The van der Waals surface area contributed by atoms with Crippen molar-refractivity contribution >= 4 is 17.3 Å². The molecule has 0 aliphatic carbocycles. The first-order valence-electron chi connectivity index (χ1n) is 9.98. The maximum absolute atomic E-state index is 13.3. The summed E-state index contributed by atoms with van der Waals surface area (Å²) in [5.41, 5.74) is 2.63. The van der Waals surface area contributed by atoms with Crippen molar-refractivity contribution in [2.24, 2.45) is 0 Å². The number of aryl methyl sites for hydroxylation is 1. The lowest BCUT2D eigenvalue weighted by Gasteiger charge is -2.09. The lowest BCUT2D eigenvalue weighted by molar-refractivity contribution is 0.0600. The summed E-state index contributed by atoms with van der Waals surface area (Å²) in [6, 6.07) is 13.5. The fourth-order valence-electron chi connectivity index (χ4n) is 3.57. The van der Waals surface area contributed by atoms with E-state index in [9.17, 15) is 14.0 Å². The fraction of sp³-hybridized carbons (Fsp3) is 0.0833. The van der Waals surface area contributed by atoms with Gasteiger partial charge in [-0.25, -0.2) is 14.2 Å². The van der Waals surface area contributed by atoms with Gasteiger partial charge < -0.3 is 4.74 Å². The Labute approximate surface area is 191 Å². The molecule has 1 aromatic heterocycles. The number of thiazole rings is 1. The molecule has 3 heterocycles. The third-order valence-electron chi connectivity index (χ3n) is 5.26. The monoisotopic (exact) mass is 460 g/mol. The molecule has 0 unspecified atom stereocenters. The first-order valence-corrected chi connectivity index (χ1v) is 10.8. The molecule has 0 saturated heterocycles. The summed E-state index contributed by atoms with van der Waals surface area (Å²) in [4.78, 5) is 31.1. The van der Waals surface area contributed by atoms with Gasteiger partial charge in [-0.2, -0.15) is 9.78 Å². The highest BCUT2D eigenvalue weighted by atomic mass is 32.1. The minimum Gasteiger partial charge on any atom is -0.465 e. The van der Waals surface area contributed by atoms with E-state index >= 15 is 0 Å². The van der Waals surface area contributed by atoms with E-state index in [1.54, 1.807) is 41.4 Å². The van der Waals surface area contributed by atoms with Gasteiger partial charge in [-0.05, 0) is 36.2 Å². The number of rotatable bonds is 4. The number of nitrogens with zero attached hydrogens (tertiary/aromatic N) is 4. The van der Waals surface area contributed by atoms with Gasteiger partial charge >= 0.3 is 5.97 Å². The van der Waals surface area contributed by atoms with E-state index in [1.807, 2.05) is 25.1 Å². The molecule has 9 heteroatoms. The first-order chi connectivity index (χ1) is 16.0. The lowest BCUT2D eigenvalue weighted by atomic mass is 10.1. The molecule has 7 nitrogen and oxygen atoms in total. The minimum atomic E-state index is -0.612. The summed E-state index contributed by atoms with van der Waals surface area (Å²) in [5, 5.41) is 4.98. The predicted octanol–water partition coefficient (Wildman–Crippen LogP) is 4.49. The molecule has 0 saturated carbocycles. The quantitative estimate of drug-likeness (QED) is 0.370. The van der Waals surface area contributed by atoms with E-state index in [0.29, 0.717) is 10.8 Å². The minimum absolute atomic E-state index is 0.151. The van der Waals surface area contributed by atoms with E-state index in [2.05, 4.69) is 10.1 Å². The second kappa shape index (κ2) is 8.10. The van der Waals surface area contributed by atoms with Gasteiger partial charge in [0, 0.05) is 18.6 Å². The maximum atomic E-state index is 13.3. The zero-order chi connectivity index (χ0) is 23.1. The average Bonchev–Trinajstić information content (AvgIpc) is 3.44. The number of pyridine rings is 1. The molecule has 3 aromatic rings. The van der Waals surface area contributed by atoms with Gasteiger partial charge in [-0.15, -0.1) is 0 Å². The zero-order valence-corrected chi connectivity index (χ0v) is 18.5. The molecule has 33 heavy (non-hydrogen) atoms. The number of aromatic nitrogens is 4. The number of fused-ring (bicyclic) bond motifs is 1. The number of carbonyl (C=O) groups excluding carboxylic acids is 1. The van der Waals surface area contributed by atoms with E-state index < -0.39 is 5.97 Å². The third-order valence-corrected chi connectivity index (χ3v) is 6.32. The number of hydrogen-bond acceptors (Lipinski definition) is 6. The molecule has 164 valence electrons. The molecule has 2 aliphatic heterocycles. The van der Waals surface area contributed by atoms with Crippen LogP contribution in [0.1, 0.15) is 15.9 Å². The van der Waals surface area contributed by atoms with Crippen LogP contribution in [0.3, 0.4) is 0 Å². The molecular weight excluding hydrogens is 443 g/mol. The Balaban J connectivity index is 1.68. The average molecular weight is 460 g/mol. The predicted molar refractivity (Wildman–Crippen MR) is 123 cm³/mol. The summed E-state index contributed by atoms with van der Waals surface area (Å²) < 4.78 is 21.1. The van der Waals surface area contributed by atoms with E-state index in [1.165, 1.54) is 35.3 Å². The van der Waals surface area contributed by atoms with Gasteiger partial charge in [0.15, 0.2) is 5.13 Å². The number of esters is 1. The Kier molecular flexibility index (Phi) is 5.10. The number of benzene rings is 2. The van der Waals surface area contributed by atoms with Crippen LogP contribution in [0.4, 0.5) is 4.39 Å². The molecular formula is C24H17FN4O3S. The number of ether oxygens (including phenoxy) is 1. The maximum Gasteiger partial charge on any atom is 0.341 e. The highest BCUT2D eigenvalue weighted by Crippen LogP contribution is 2.31. The number of halogens is 1. The van der Waals surface area contributed by atoms with Gasteiger partial charge in [0.05, 0.1) is 23.2 Å². The lowest BCUT2D eigenvalue weighted by Crippen LogP contribution is -2.16. The van der Waals surface area contributed by atoms with Gasteiger partial charge in [0.1, 0.15) is 17.1 Å². The summed E-state index contributed by atoms with van der Waals surface area (Å²) in [6.45, 7) is 1.88. The standard InChI is InChI=1S/C24H17FN4O3S/c1-14-5-3-4-6-19(14)29-22(30)17-12-28(13-18(21(17)27-29)23(31)32-2)24-26-11-20(33-24)15-7-9-16(25)10-8-15/h3-13H,1-2H3. The summed E-state index contributed by atoms with van der Waals surface area (Å²) >= 11 is 1.34. The van der Waals surface area contributed by atoms with Crippen LogP contribution in [0, 0.1) is 12.7 Å². The van der Waals surface area contributed by atoms with Crippen LogP contribution in [0.5, 0.6) is 0 Å². The Morgan fingerprint density at radius 3 is 2.58 bits per heavy atom. The van der Waals surface area contributed by atoms with Crippen molar-refractivity contribution in [3.05, 3.63) is 94.4 Å². The molecule has 0 fully saturated rings. The Hall–Kier alpha value is -4.11. The Bertz CT molecular complexity index is 1520. The largest absolute Gasteiger partial charge is 0.465 e. The van der Waals surface area contributed by atoms with Gasteiger partial charge in [-0.1, -0.05) is 41.7 Å². The Morgan fingerprint density at radius 1 is 1.09 bits per heavy atom. The van der Waals surface area contributed by atoms with Crippen molar-refractivity contribution in [2.45, 2.75) is 6.92 Å². The number of methoxy groups -OCH3 is 1. The molecule has 2 aliphatic rings. The smallest absolute Gasteiger partial charge is 0.341 e. The molecule has 0 N–H and O–H groups in total. The van der Waals surface area contributed by atoms with Crippen LogP contribution in [-0.2, 0) is 4.74 Å². The van der Waals surface area contributed by atoms with E-state index in [4.69, 9.17) is 4.74 Å². The molecule has 0 spiro atoms. The van der Waals surface area contributed by atoms with Crippen LogP contribution in [-0.4, -0.2) is 32.4 Å². The van der Waals surface area contributed by atoms with Crippen molar-refractivity contribution in [1.82, 2.24) is 19.3 Å². The second-order valence-corrected chi connectivity index (χ2v) is 8.36. The SMILES string of the molecule is COC(=O)c1cn(-c2ncc(-c3ccc(F)cc3)s2)cc2c(=O)n(-c3ccccc3C)nc1-2. The van der Waals surface area contributed by atoms with E-state index in [0.717, 1.165) is 16.0 Å². The van der Waals surface area contributed by atoms with Crippen molar-refractivity contribution in [3.8, 4) is 32.5 Å². The van der Waals surface area contributed by atoms with E-state index in [-0.39, 0.29) is 28.2 Å². The van der Waals surface area contributed by atoms with Gasteiger partial charge in [-0.3, -0.25) is 9.36 Å². The summed E-state index contributed by atoms with van der Waals surface area (Å²) in [6.07, 6.45) is 4.83. The molecule has 0 radical (unpaired) electrons. The summed E-state index contributed by atoms with van der Waals surface area (Å²) in [7, 11) is 1.28. The van der Waals surface area contributed by atoms with Crippen LogP contribution in [0.2, 0.25) is 0 Å². The topological polar surface area (TPSA) is 79.0 Å². The Morgan fingerprint density at radius 2 is 1.85 bits per heavy atom. The molecule has 0 bridgehead atoms. The number of para-hydroxylation sites is 1. The van der Waals surface area contributed by atoms with Crippen LogP contribution in [0.25, 0.3) is 32.5 Å². The summed E-state index contributed by atoms with van der Waals surface area (Å²) in [5.74, 6) is -0.932. The van der Waals surface area contributed by atoms with Gasteiger partial charge in [0.2, 0.25) is 0 Å². The highest BCUT2D eigenvalue weighted by Gasteiger charge is 2.26. The number of hydrogen-bond donors (Lipinski definition) is 0. The first kappa shape index (κ1) is 20.8. The van der Waals surface area contributed by atoms with Crippen molar-refractivity contribution in [1.29, 1.82) is 0 Å². The molecule has 2 aromatic carbocycles. The number of carbonyl (C=O) groups is 1. The van der Waals surface area contributed by atoms with Crippen LogP contribution < -0.4 is 5.56 Å². The highest BCUT2D eigenvalue weighted by molar-refractivity contribution is 7.17. The van der Waals surface area contributed by atoms with Crippen LogP contribution >= 0.6 is 11.3 Å². The molecule has 0 amide bonds. The van der Waals surface area contributed by atoms with Crippen molar-refractivity contribution in [3.63, 3.8) is 0 Å². The second-order valence-electron chi connectivity index (χ2n) is 7.35. The normalized spacial score (nSPS) is 11.1. The molecule has 5 rings (SSSR count). The van der Waals surface area contributed by atoms with Crippen LogP contribution in [0.15, 0.2) is 71.9 Å². The van der Waals surface area contributed by atoms with Gasteiger partial charge in [0.25, 0.3) is 5.56 Å². The van der Waals surface area contributed by atoms with Crippen molar-refractivity contribution < 1.29 is 13.9 Å². The third kappa shape index (κ3) is 3.62. The molecule has 0 atom stereocenters.